The van der Waals surface area contributed by atoms with Gasteiger partial charge in [-0.1, -0.05) is 19.3 Å². The second-order valence-corrected chi connectivity index (χ2v) is 3.55. The van der Waals surface area contributed by atoms with E-state index in [0.717, 1.165) is 18.9 Å². The SMILES string of the molecule is NCC(O)COCCC1CCC1. The topological polar surface area (TPSA) is 55.5 Å². The number of aliphatic hydroxyl groups is 1. The lowest BCUT2D eigenvalue weighted by Crippen LogP contribution is -2.25. The van der Waals surface area contributed by atoms with Crippen molar-refractivity contribution in [1.82, 2.24) is 0 Å². The highest BCUT2D eigenvalue weighted by molar-refractivity contribution is 4.68. The summed E-state index contributed by atoms with van der Waals surface area (Å²) in [6, 6.07) is 0. The molecule has 1 aliphatic rings. The van der Waals surface area contributed by atoms with E-state index in [4.69, 9.17) is 15.6 Å². The van der Waals surface area contributed by atoms with E-state index in [1.54, 1.807) is 0 Å². The van der Waals surface area contributed by atoms with Crippen LogP contribution in [0.15, 0.2) is 0 Å². The molecule has 1 unspecified atom stereocenters. The number of rotatable bonds is 6. The molecule has 0 saturated heterocycles. The summed E-state index contributed by atoms with van der Waals surface area (Å²) in [6.07, 6.45) is 4.78. The number of ether oxygens (including phenoxy) is 1. The molecule has 0 radical (unpaired) electrons. The van der Waals surface area contributed by atoms with E-state index in [1.165, 1.54) is 19.3 Å². The Kier molecular flexibility index (Phi) is 4.58. The van der Waals surface area contributed by atoms with Gasteiger partial charge in [-0.15, -0.1) is 0 Å². The zero-order chi connectivity index (χ0) is 8.81. The monoisotopic (exact) mass is 173 g/mol. The minimum atomic E-state index is -0.480. The lowest BCUT2D eigenvalue weighted by molar-refractivity contribution is 0.0315. The summed E-state index contributed by atoms with van der Waals surface area (Å²) in [5, 5.41) is 9.04. The van der Waals surface area contributed by atoms with Crippen molar-refractivity contribution in [2.75, 3.05) is 19.8 Å². The predicted octanol–water partition coefficient (Wildman–Crippen LogP) is 0.513. The van der Waals surface area contributed by atoms with Crippen LogP contribution in [0, 0.1) is 5.92 Å². The quantitative estimate of drug-likeness (QED) is 0.575. The first-order valence-corrected chi connectivity index (χ1v) is 4.79. The van der Waals surface area contributed by atoms with Crippen LogP contribution in [0.2, 0.25) is 0 Å². The van der Waals surface area contributed by atoms with Crippen LogP contribution >= 0.6 is 0 Å². The van der Waals surface area contributed by atoms with Gasteiger partial charge in [0.05, 0.1) is 12.7 Å². The van der Waals surface area contributed by atoms with Crippen molar-refractivity contribution in [1.29, 1.82) is 0 Å². The van der Waals surface area contributed by atoms with Crippen LogP contribution < -0.4 is 5.73 Å². The van der Waals surface area contributed by atoms with Crippen molar-refractivity contribution in [2.45, 2.75) is 31.8 Å². The summed E-state index contributed by atoms with van der Waals surface area (Å²) in [6.45, 7) is 1.47. The molecule has 1 fully saturated rings. The van der Waals surface area contributed by atoms with Crippen LogP contribution in [-0.2, 0) is 4.74 Å². The predicted molar refractivity (Wildman–Crippen MR) is 47.8 cm³/mol. The average Bonchev–Trinajstić information content (AvgIpc) is 2.00. The highest BCUT2D eigenvalue weighted by Crippen LogP contribution is 2.28. The molecule has 1 atom stereocenters. The van der Waals surface area contributed by atoms with Gasteiger partial charge in [-0.25, -0.2) is 0 Å². The van der Waals surface area contributed by atoms with E-state index < -0.39 is 6.10 Å². The summed E-state index contributed by atoms with van der Waals surface area (Å²) < 4.78 is 5.26. The van der Waals surface area contributed by atoms with Gasteiger partial charge in [0, 0.05) is 13.2 Å². The van der Waals surface area contributed by atoms with E-state index in [9.17, 15) is 0 Å². The van der Waals surface area contributed by atoms with Gasteiger partial charge in [0.25, 0.3) is 0 Å². The van der Waals surface area contributed by atoms with Gasteiger partial charge in [0.1, 0.15) is 0 Å². The molecule has 0 bridgehead atoms. The highest BCUT2D eigenvalue weighted by Gasteiger charge is 2.16. The molecule has 0 spiro atoms. The lowest BCUT2D eigenvalue weighted by Gasteiger charge is -2.25. The molecule has 12 heavy (non-hydrogen) atoms. The van der Waals surface area contributed by atoms with E-state index in [2.05, 4.69) is 0 Å². The number of hydrogen-bond acceptors (Lipinski definition) is 3. The van der Waals surface area contributed by atoms with E-state index >= 15 is 0 Å². The van der Waals surface area contributed by atoms with Crippen LogP contribution in [0.25, 0.3) is 0 Å². The molecule has 1 aliphatic carbocycles. The maximum Gasteiger partial charge on any atom is 0.0895 e. The summed E-state index contributed by atoms with van der Waals surface area (Å²) in [4.78, 5) is 0. The standard InChI is InChI=1S/C9H19NO2/c10-6-9(11)7-12-5-4-8-2-1-3-8/h8-9,11H,1-7,10H2. The summed E-state index contributed by atoms with van der Waals surface area (Å²) in [7, 11) is 0. The van der Waals surface area contributed by atoms with Gasteiger partial charge < -0.3 is 15.6 Å². The molecule has 3 heteroatoms. The van der Waals surface area contributed by atoms with Gasteiger partial charge in [0.2, 0.25) is 0 Å². The Morgan fingerprint density at radius 1 is 1.50 bits per heavy atom. The third kappa shape index (κ3) is 3.52. The fourth-order valence-electron chi connectivity index (χ4n) is 1.32. The van der Waals surface area contributed by atoms with Crippen LogP contribution in [0.1, 0.15) is 25.7 Å². The molecule has 0 heterocycles. The number of aliphatic hydroxyl groups excluding tert-OH is 1. The number of hydrogen-bond donors (Lipinski definition) is 2. The van der Waals surface area contributed by atoms with Crippen molar-refractivity contribution in [3.8, 4) is 0 Å². The molecule has 0 aliphatic heterocycles. The molecule has 0 aromatic heterocycles. The normalized spacial score (nSPS) is 20.5. The first-order valence-electron chi connectivity index (χ1n) is 4.79. The Bertz CT molecular complexity index is 108. The minimum absolute atomic E-state index is 0.295. The smallest absolute Gasteiger partial charge is 0.0895 e. The third-order valence-corrected chi connectivity index (χ3v) is 2.48. The molecule has 0 aromatic carbocycles. The van der Waals surface area contributed by atoms with Gasteiger partial charge in [0.15, 0.2) is 0 Å². The van der Waals surface area contributed by atoms with E-state index in [1.807, 2.05) is 0 Å². The van der Waals surface area contributed by atoms with Crippen LogP contribution in [-0.4, -0.2) is 31.0 Å². The Hall–Kier alpha value is -0.120. The molecular weight excluding hydrogens is 154 g/mol. The fourth-order valence-corrected chi connectivity index (χ4v) is 1.32. The van der Waals surface area contributed by atoms with Crippen molar-refractivity contribution in [3.05, 3.63) is 0 Å². The van der Waals surface area contributed by atoms with Gasteiger partial charge in [-0.2, -0.15) is 0 Å². The number of nitrogens with two attached hydrogens (primary N) is 1. The fraction of sp³-hybridized carbons (Fsp3) is 1.00. The average molecular weight is 173 g/mol. The van der Waals surface area contributed by atoms with Crippen molar-refractivity contribution >= 4 is 0 Å². The Morgan fingerprint density at radius 2 is 2.25 bits per heavy atom. The molecule has 1 rings (SSSR count). The maximum atomic E-state index is 9.04. The molecular formula is C9H19NO2. The summed E-state index contributed by atoms with van der Waals surface area (Å²) >= 11 is 0. The molecule has 72 valence electrons. The Balaban J connectivity index is 1.82. The molecule has 0 aromatic rings. The molecule has 1 saturated carbocycles. The largest absolute Gasteiger partial charge is 0.389 e. The lowest BCUT2D eigenvalue weighted by atomic mass is 9.83. The van der Waals surface area contributed by atoms with E-state index in [-0.39, 0.29) is 0 Å². The minimum Gasteiger partial charge on any atom is -0.389 e. The van der Waals surface area contributed by atoms with Crippen molar-refractivity contribution in [3.63, 3.8) is 0 Å². The zero-order valence-electron chi connectivity index (χ0n) is 7.54. The summed E-state index contributed by atoms with van der Waals surface area (Å²) in [5.74, 6) is 0.889. The van der Waals surface area contributed by atoms with Crippen LogP contribution in [0.3, 0.4) is 0 Å². The van der Waals surface area contributed by atoms with Crippen LogP contribution in [0.5, 0.6) is 0 Å². The molecule has 3 N–H and O–H groups in total. The first kappa shape index (κ1) is 9.96. The zero-order valence-corrected chi connectivity index (χ0v) is 7.54. The molecule has 3 nitrogen and oxygen atoms in total. The van der Waals surface area contributed by atoms with Crippen molar-refractivity contribution in [2.24, 2.45) is 11.7 Å². The summed E-state index contributed by atoms with van der Waals surface area (Å²) in [5.41, 5.74) is 5.22. The van der Waals surface area contributed by atoms with Gasteiger partial charge in [-0.05, 0) is 12.3 Å². The second kappa shape index (κ2) is 5.51. The first-order chi connectivity index (χ1) is 5.83. The third-order valence-electron chi connectivity index (χ3n) is 2.48. The second-order valence-electron chi connectivity index (χ2n) is 3.55. The van der Waals surface area contributed by atoms with Gasteiger partial charge in [-0.3, -0.25) is 0 Å². The van der Waals surface area contributed by atoms with E-state index in [0.29, 0.717) is 13.2 Å². The Morgan fingerprint density at radius 3 is 2.75 bits per heavy atom. The van der Waals surface area contributed by atoms with Crippen LogP contribution in [0.4, 0.5) is 0 Å². The maximum absolute atomic E-state index is 9.04. The van der Waals surface area contributed by atoms with Gasteiger partial charge >= 0.3 is 0 Å². The highest BCUT2D eigenvalue weighted by atomic mass is 16.5. The van der Waals surface area contributed by atoms with Crippen molar-refractivity contribution < 1.29 is 9.84 Å². The Labute approximate surface area is 73.9 Å². The molecule has 0 amide bonds.